The fraction of sp³-hybridized carbons (Fsp3) is 0.333. The van der Waals surface area contributed by atoms with E-state index < -0.39 is 0 Å². The lowest BCUT2D eigenvalue weighted by Gasteiger charge is -2.12. The van der Waals surface area contributed by atoms with E-state index in [1.54, 1.807) is 29.5 Å². The van der Waals surface area contributed by atoms with Crippen LogP contribution in [0.15, 0.2) is 40.2 Å². The first kappa shape index (κ1) is 19.9. The maximum Gasteiger partial charge on any atom is 0.257 e. The molecule has 7 heteroatoms. The van der Waals surface area contributed by atoms with Crippen LogP contribution in [0.1, 0.15) is 35.5 Å². The highest BCUT2D eigenvalue weighted by molar-refractivity contribution is 9.10. The second kappa shape index (κ2) is 9.89. The molecule has 0 aliphatic carbocycles. The average molecular weight is 441 g/mol. The van der Waals surface area contributed by atoms with Crippen LogP contribution in [-0.4, -0.2) is 17.6 Å². The van der Waals surface area contributed by atoms with E-state index in [0.29, 0.717) is 29.7 Å². The molecular formula is C18H21BrN2O2S2. The maximum atomic E-state index is 12.3. The number of amides is 1. The van der Waals surface area contributed by atoms with Crippen molar-refractivity contribution in [3.63, 3.8) is 0 Å². The summed E-state index contributed by atoms with van der Waals surface area (Å²) in [6.07, 6.45) is 0.985. The van der Waals surface area contributed by atoms with Gasteiger partial charge in [0.05, 0.1) is 17.6 Å². The molecule has 1 heterocycles. The smallest absolute Gasteiger partial charge is 0.257 e. The van der Waals surface area contributed by atoms with Crippen LogP contribution < -0.4 is 15.4 Å². The van der Waals surface area contributed by atoms with E-state index in [9.17, 15) is 4.79 Å². The van der Waals surface area contributed by atoms with Crippen LogP contribution in [0.2, 0.25) is 0 Å². The first-order chi connectivity index (χ1) is 12.0. The monoisotopic (exact) mass is 440 g/mol. The number of nitrogens with one attached hydrogen (secondary N) is 2. The zero-order valence-electron chi connectivity index (χ0n) is 14.2. The fourth-order valence-electron chi connectivity index (χ4n) is 1.96. The molecule has 25 heavy (non-hydrogen) atoms. The van der Waals surface area contributed by atoms with Crippen LogP contribution in [-0.2, 0) is 6.54 Å². The van der Waals surface area contributed by atoms with Gasteiger partial charge in [0.1, 0.15) is 5.75 Å². The number of thiophene rings is 1. The van der Waals surface area contributed by atoms with E-state index in [1.807, 2.05) is 17.5 Å². The van der Waals surface area contributed by atoms with Crippen molar-refractivity contribution >= 4 is 50.5 Å². The number of hydrogen-bond acceptors (Lipinski definition) is 4. The van der Waals surface area contributed by atoms with Gasteiger partial charge in [-0.05, 0) is 70.1 Å². The Morgan fingerprint density at radius 3 is 2.80 bits per heavy atom. The van der Waals surface area contributed by atoms with Gasteiger partial charge in [0, 0.05) is 10.4 Å². The molecule has 0 fully saturated rings. The van der Waals surface area contributed by atoms with E-state index in [1.165, 1.54) is 0 Å². The zero-order valence-corrected chi connectivity index (χ0v) is 17.4. The Morgan fingerprint density at radius 1 is 1.36 bits per heavy atom. The van der Waals surface area contributed by atoms with Crippen molar-refractivity contribution in [3.05, 3.63) is 50.6 Å². The number of halogens is 1. The highest BCUT2D eigenvalue weighted by atomic mass is 79.9. The van der Waals surface area contributed by atoms with Gasteiger partial charge in [0.25, 0.3) is 5.91 Å². The number of hydrogen-bond donors (Lipinski definition) is 2. The van der Waals surface area contributed by atoms with Gasteiger partial charge in [-0.15, -0.1) is 11.3 Å². The summed E-state index contributed by atoms with van der Waals surface area (Å²) in [6.45, 7) is 5.56. The second-order valence-corrected chi connectivity index (χ2v) is 8.19. The number of benzene rings is 1. The summed E-state index contributed by atoms with van der Waals surface area (Å²) in [7, 11) is 0. The topological polar surface area (TPSA) is 50.4 Å². The van der Waals surface area contributed by atoms with E-state index in [2.05, 4.69) is 40.4 Å². The highest BCUT2D eigenvalue weighted by Crippen LogP contribution is 2.26. The SMILES string of the molecule is CC(C)CCOc1ccc(C(=O)NC(=S)NCc2cccs2)cc1Br. The summed E-state index contributed by atoms with van der Waals surface area (Å²) in [4.78, 5) is 13.4. The van der Waals surface area contributed by atoms with Crippen LogP contribution in [0, 0.1) is 5.92 Å². The summed E-state index contributed by atoms with van der Waals surface area (Å²) < 4.78 is 6.48. The predicted molar refractivity (Wildman–Crippen MR) is 110 cm³/mol. The normalized spacial score (nSPS) is 10.6. The zero-order chi connectivity index (χ0) is 18.2. The summed E-state index contributed by atoms with van der Waals surface area (Å²) >= 11 is 10.3. The molecule has 4 nitrogen and oxygen atoms in total. The summed E-state index contributed by atoms with van der Waals surface area (Å²) in [6, 6.07) is 9.25. The van der Waals surface area contributed by atoms with Gasteiger partial charge < -0.3 is 10.1 Å². The van der Waals surface area contributed by atoms with Gasteiger partial charge in [0.2, 0.25) is 0 Å². The van der Waals surface area contributed by atoms with Crippen molar-refractivity contribution in [2.24, 2.45) is 5.92 Å². The Hall–Kier alpha value is -1.44. The molecule has 2 rings (SSSR count). The molecule has 1 aromatic heterocycles. The largest absolute Gasteiger partial charge is 0.492 e. The molecular weight excluding hydrogens is 420 g/mol. The van der Waals surface area contributed by atoms with Crippen molar-refractivity contribution in [2.75, 3.05) is 6.61 Å². The predicted octanol–water partition coefficient (Wildman–Crippen LogP) is 4.74. The Bertz CT molecular complexity index is 718. The fourth-order valence-corrected chi connectivity index (χ4v) is 3.27. The first-order valence-electron chi connectivity index (χ1n) is 7.99. The third-order valence-electron chi connectivity index (χ3n) is 3.38. The van der Waals surface area contributed by atoms with Crippen molar-refractivity contribution in [1.82, 2.24) is 10.6 Å². The van der Waals surface area contributed by atoms with E-state index in [-0.39, 0.29) is 5.91 Å². The third kappa shape index (κ3) is 6.76. The molecule has 2 aromatic rings. The number of carbonyl (C=O) groups excluding carboxylic acids is 1. The van der Waals surface area contributed by atoms with Crippen molar-refractivity contribution in [2.45, 2.75) is 26.8 Å². The molecule has 134 valence electrons. The van der Waals surface area contributed by atoms with Crippen molar-refractivity contribution < 1.29 is 9.53 Å². The van der Waals surface area contributed by atoms with Gasteiger partial charge in [-0.3, -0.25) is 10.1 Å². The van der Waals surface area contributed by atoms with Crippen LogP contribution in [0.25, 0.3) is 0 Å². The Labute approximate surface area is 166 Å². The molecule has 0 saturated carbocycles. The molecule has 0 unspecified atom stereocenters. The Morgan fingerprint density at radius 2 is 2.16 bits per heavy atom. The lowest BCUT2D eigenvalue weighted by molar-refractivity contribution is 0.0976. The van der Waals surface area contributed by atoms with E-state index in [4.69, 9.17) is 17.0 Å². The Balaban J connectivity index is 1.86. The van der Waals surface area contributed by atoms with Crippen LogP contribution >= 0.6 is 39.5 Å². The lowest BCUT2D eigenvalue weighted by atomic mass is 10.1. The molecule has 0 atom stereocenters. The minimum Gasteiger partial charge on any atom is -0.492 e. The minimum absolute atomic E-state index is 0.252. The minimum atomic E-state index is -0.252. The van der Waals surface area contributed by atoms with Crippen molar-refractivity contribution in [3.8, 4) is 5.75 Å². The molecule has 0 bridgehead atoms. The first-order valence-corrected chi connectivity index (χ1v) is 10.1. The summed E-state index contributed by atoms with van der Waals surface area (Å²) in [5.41, 5.74) is 0.517. The molecule has 0 spiro atoms. The number of carbonyl (C=O) groups is 1. The number of ether oxygens (including phenoxy) is 1. The molecule has 0 radical (unpaired) electrons. The van der Waals surface area contributed by atoms with E-state index in [0.717, 1.165) is 21.5 Å². The van der Waals surface area contributed by atoms with Gasteiger partial charge >= 0.3 is 0 Å². The number of rotatable bonds is 7. The van der Waals surface area contributed by atoms with Crippen LogP contribution in [0.3, 0.4) is 0 Å². The third-order valence-corrected chi connectivity index (χ3v) is 5.12. The van der Waals surface area contributed by atoms with Gasteiger partial charge in [-0.1, -0.05) is 19.9 Å². The molecule has 0 aliphatic rings. The Kier molecular flexibility index (Phi) is 7.87. The second-order valence-electron chi connectivity index (χ2n) is 5.89. The summed E-state index contributed by atoms with van der Waals surface area (Å²) in [5, 5.41) is 8.02. The van der Waals surface area contributed by atoms with Crippen LogP contribution in [0.4, 0.5) is 0 Å². The highest BCUT2D eigenvalue weighted by Gasteiger charge is 2.11. The molecule has 0 aliphatic heterocycles. The maximum absolute atomic E-state index is 12.3. The quantitative estimate of drug-likeness (QED) is 0.610. The standard InChI is InChI=1S/C18H21BrN2O2S2/c1-12(2)7-8-23-16-6-5-13(10-15(16)19)17(22)21-18(24)20-11-14-4-3-9-25-14/h3-6,9-10,12H,7-8,11H2,1-2H3,(H2,20,21,22,24). The van der Waals surface area contributed by atoms with Crippen LogP contribution in [0.5, 0.6) is 5.75 Å². The summed E-state index contributed by atoms with van der Waals surface area (Å²) in [5.74, 6) is 1.07. The molecule has 0 saturated heterocycles. The molecule has 1 aromatic carbocycles. The lowest BCUT2D eigenvalue weighted by Crippen LogP contribution is -2.38. The molecule has 2 N–H and O–H groups in total. The van der Waals surface area contributed by atoms with Crippen molar-refractivity contribution in [1.29, 1.82) is 0 Å². The molecule has 1 amide bonds. The van der Waals surface area contributed by atoms with Gasteiger partial charge in [-0.2, -0.15) is 0 Å². The average Bonchev–Trinajstić information content (AvgIpc) is 3.07. The van der Waals surface area contributed by atoms with E-state index >= 15 is 0 Å². The van der Waals surface area contributed by atoms with Gasteiger partial charge in [0.15, 0.2) is 5.11 Å². The number of thiocarbonyl (C=S) groups is 1. The van der Waals surface area contributed by atoms with Gasteiger partial charge in [-0.25, -0.2) is 0 Å².